The Labute approximate surface area is 174 Å². The third kappa shape index (κ3) is 5.45. The lowest BCUT2D eigenvalue weighted by atomic mass is 9.83. The minimum atomic E-state index is -1.33. The molecule has 29 heavy (non-hydrogen) atoms. The predicted octanol–water partition coefficient (Wildman–Crippen LogP) is 4.67. The number of aryl methyl sites for hydroxylation is 1. The van der Waals surface area contributed by atoms with Gasteiger partial charge < -0.3 is 10.1 Å². The lowest BCUT2D eigenvalue weighted by molar-refractivity contribution is 0.0523. The molecule has 0 aromatic heterocycles. The van der Waals surface area contributed by atoms with E-state index in [2.05, 4.69) is 11.4 Å². The van der Waals surface area contributed by atoms with Gasteiger partial charge in [-0.15, -0.1) is 0 Å². The Morgan fingerprint density at radius 3 is 2.72 bits per heavy atom. The number of carbonyl (C=O) groups excluding carboxylic acids is 1. The fourth-order valence-corrected chi connectivity index (χ4v) is 4.71. The van der Waals surface area contributed by atoms with Crippen LogP contribution in [0.2, 0.25) is 0 Å². The van der Waals surface area contributed by atoms with Crippen molar-refractivity contribution in [2.24, 2.45) is 0 Å². The van der Waals surface area contributed by atoms with E-state index in [0.717, 1.165) is 24.2 Å². The van der Waals surface area contributed by atoms with Gasteiger partial charge in [0.25, 0.3) is 0 Å². The van der Waals surface area contributed by atoms with Gasteiger partial charge in [0.05, 0.1) is 22.4 Å². The summed E-state index contributed by atoms with van der Waals surface area (Å²) in [4.78, 5) is 13.3. The number of alkyl carbamates (subject to hydrolysis) is 1. The maximum atomic E-state index is 13.0. The molecule has 2 aromatic rings. The van der Waals surface area contributed by atoms with E-state index in [1.54, 1.807) is 24.3 Å². The maximum absolute atomic E-state index is 13.0. The number of hydrogen-bond donors (Lipinski definition) is 1. The largest absolute Gasteiger partial charge is 0.444 e. The number of hydrogen-bond acceptors (Lipinski definition) is 4. The minimum Gasteiger partial charge on any atom is -0.444 e. The lowest BCUT2D eigenvalue weighted by Gasteiger charge is -2.27. The van der Waals surface area contributed by atoms with Gasteiger partial charge in [-0.25, -0.2) is 9.00 Å². The van der Waals surface area contributed by atoms with Crippen molar-refractivity contribution in [3.8, 4) is 6.07 Å². The predicted molar refractivity (Wildman–Crippen MR) is 112 cm³/mol. The van der Waals surface area contributed by atoms with Crippen LogP contribution in [-0.2, 0) is 22.0 Å². The molecule has 2 atom stereocenters. The van der Waals surface area contributed by atoms with Crippen molar-refractivity contribution in [1.82, 2.24) is 5.32 Å². The monoisotopic (exact) mass is 410 g/mol. The summed E-state index contributed by atoms with van der Waals surface area (Å²) < 4.78 is 18.3. The van der Waals surface area contributed by atoms with Gasteiger partial charge in [0.1, 0.15) is 5.60 Å². The minimum absolute atomic E-state index is 0.218. The number of rotatable bonds is 4. The molecular formula is C23H26N2O3S. The summed E-state index contributed by atoms with van der Waals surface area (Å²) in [5.74, 6) is 0.218. The fourth-order valence-electron chi connectivity index (χ4n) is 3.56. The first kappa shape index (κ1) is 21.1. The molecule has 0 fully saturated rings. The molecule has 0 radical (unpaired) electrons. The van der Waals surface area contributed by atoms with Crippen LogP contribution in [0.4, 0.5) is 4.79 Å². The first-order chi connectivity index (χ1) is 13.8. The van der Waals surface area contributed by atoms with Gasteiger partial charge in [-0.3, -0.25) is 0 Å². The quantitative estimate of drug-likeness (QED) is 0.794. The molecule has 0 heterocycles. The van der Waals surface area contributed by atoms with Crippen molar-refractivity contribution in [3.05, 3.63) is 59.2 Å². The van der Waals surface area contributed by atoms with Crippen molar-refractivity contribution in [3.63, 3.8) is 0 Å². The average molecular weight is 411 g/mol. The molecule has 0 saturated carbocycles. The normalized spacial score (nSPS) is 17.0. The van der Waals surface area contributed by atoms with Gasteiger partial charge in [-0.05, 0) is 81.5 Å². The van der Waals surface area contributed by atoms with Crippen LogP contribution in [0.5, 0.6) is 0 Å². The highest BCUT2D eigenvalue weighted by molar-refractivity contribution is 7.85. The first-order valence-electron chi connectivity index (χ1n) is 9.78. The molecule has 5 nitrogen and oxygen atoms in total. The topological polar surface area (TPSA) is 79.2 Å². The highest BCUT2D eigenvalue weighted by atomic mass is 32.2. The molecule has 3 rings (SSSR count). The number of ether oxygens (including phenoxy) is 1. The van der Waals surface area contributed by atoms with Crippen LogP contribution in [0.3, 0.4) is 0 Å². The Morgan fingerprint density at radius 1 is 1.24 bits per heavy atom. The lowest BCUT2D eigenvalue weighted by Crippen LogP contribution is -2.35. The van der Waals surface area contributed by atoms with Crippen LogP contribution in [0.15, 0.2) is 52.3 Å². The van der Waals surface area contributed by atoms with Gasteiger partial charge in [0, 0.05) is 22.3 Å². The molecule has 1 aliphatic rings. The van der Waals surface area contributed by atoms with Crippen molar-refractivity contribution in [2.75, 3.05) is 6.54 Å². The van der Waals surface area contributed by atoms with Gasteiger partial charge in [-0.1, -0.05) is 12.1 Å². The Kier molecular flexibility index (Phi) is 6.39. The number of benzene rings is 2. The molecule has 0 spiro atoms. The summed E-state index contributed by atoms with van der Waals surface area (Å²) in [7, 11) is -1.33. The molecule has 0 bridgehead atoms. The molecular weight excluding hydrogens is 384 g/mol. The Hall–Kier alpha value is -2.65. The van der Waals surface area contributed by atoms with Gasteiger partial charge >= 0.3 is 6.09 Å². The Balaban J connectivity index is 1.74. The zero-order chi connectivity index (χ0) is 21.0. The van der Waals surface area contributed by atoms with E-state index in [-0.39, 0.29) is 5.92 Å². The number of nitriles is 1. The van der Waals surface area contributed by atoms with E-state index in [0.29, 0.717) is 17.0 Å². The average Bonchev–Trinajstić information content (AvgIpc) is 2.70. The zero-order valence-electron chi connectivity index (χ0n) is 17.0. The summed E-state index contributed by atoms with van der Waals surface area (Å²) in [5.41, 5.74) is 2.35. The van der Waals surface area contributed by atoms with Crippen LogP contribution < -0.4 is 5.32 Å². The van der Waals surface area contributed by atoms with E-state index in [4.69, 9.17) is 10.00 Å². The molecule has 2 aromatic carbocycles. The second kappa shape index (κ2) is 8.79. The molecule has 0 saturated heterocycles. The first-order valence-corrected chi connectivity index (χ1v) is 10.9. The van der Waals surface area contributed by atoms with Crippen molar-refractivity contribution < 1.29 is 13.7 Å². The van der Waals surface area contributed by atoms with Crippen LogP contribution >= 0.6 is 0 Å². The number of amides is 1. The van der Waals surface area contributed by atoms with Crippen molar-refractivity contribution >= 4 is 16.9 Å². The number of nitrogens with zero attached hydrogens (tertiary/aromatic N) is 1. The summed E-state index contributed by atoms with van der Waals surface area (Å²) in [6.45, 7) is 6.05. The third-order valence-electron chi connectivity index (χ3n) is 4.84. The Bertz CT molecular complexity index is 973. The van der Waals surface area contributed by atoms with Crippen LogP contribution in [0.25, 0.3) is 0 Å². The van der Waals surface area contributed by atoms with E-state index in [1.165, 1.54) is 11.1 Å². The van der Waals surface area contributed by atoms with Crippen LogP contribution in [0.1, 0.15) is 56.2 Å². The zero-order valence-corrected chi connectivity index (χ0v) is 17.8. The highest BCUT2D eigenvalue weighted by Gasteiger charge is 2.23. The Morgan fingerprint density at radius 2 is 2.00 bits per heavy atom. The van der Waals surface area contributed by atoms with E-state index in [1.807, 2.05) is 39.0 Å². The molecule has 152 valence electrons. The SMILES string of the molecule is CC(C)(C)OC(=O)NC[C@@H]1CCCc2cc(S(=O)c3cccc(C#N)c3)ccc21. The molecule has 1 amide bonds. The van der Waals surface area contributed by atoms with Gasteiger partial charge in [0.2, 0.25) is 0 Å². The summed E-state index contributed by atoms with van der Waals surface area (Å²) >= 11 is 0. The summed E-state index contributed by atoms with van der Waals surface area (Å²) in [6.07, 6.45) is 2.55. The number of carbonyl (C=O) groups is 1. The number of nitrogens with one attached hydrogen (secondary N) is 1. The van der Waals surface area contributed by atoms with Crippen LogP contribution in [0, 0.1) is 11.3 Å². The second-order valence-electron chi connectivity index (χ2n) is 8.24. The summed E-state index contributed by atoms with van der Waals surface area (Å²) in [6, 6.07) is 14.9. The van der Waals surface area contributed by atoms with Crippen molar-refractivity contribution in [2.45, 2.75) is 61.3 Å². The van der Waals surface area contributed by atoms with Gasteiger partial charge in [0.15, 0.2) is 0 Å². The standard InChI is InChI=1S/C23H26N2O3S/c1-23(2,3)28-22(26)25-15-18-8-5-7-17-13-20(10-11-21(17)18)29(27)19-9-4-6-16(12-19)14-24/h4,6,9-13,18H,5,7-8,15H2,1-3H3,(H,25,26)/t18-,29?/m0/s1. The molecule has 1 unspecified atom stereocenters. The molecule has 1 aliphatic carbocycles. The third-order valence-corrected chi connectivity index (χ3v) is 6.20. The number of fused-ring (bicyclic) bond motifs is 1. The van der Waals surface area contributed by atoms with E-state index >= 15 is 0 Å². The molecule has 1 N–H and O–H groups in total. The van der Waals surface area contributed by atoms with Crippen molar-refractivity contribution in [1.29, 1.82) is 5.26 Å². The highest BCUT2D eigenvalue weighted by Crippen LogP contribution is 2.33. The smallest absolute Gasteiger partial charge is 0.407 e. The van der Waals surface area contributed by atoms with E-state index < -0.39 is 22.5 Å². The maximum Gasteiger partial charge on any atom is 0.407 e. The van der Waals surface area contributed by atoms with E-state index in [9.17, 15) is 9.00 Å². The summed E-state index contributed by atoms with van der Waals surface area (Å²) in [5, 5.41) is 11.9. The molecule has 0 aliphatic heterocycles. The fraction of sp³-hybridized carbons (Fsp3) is 0.391. The second-order valence-corrected chi connectivity index (χ2v) is 9.72. The van der Waals surface area contributed by atoms with Gasteiger partial charge in [-0.2, -0.15) is 5.26 Å². The van der Waals surface area contributed by atoms with Crippen LogP contribution in [-0.4, -0.2) is 22.4 Å². The molecule has 6 heteroatoms.